The number of anilines is 1. The number of hydrogen-bond donors (Lipinski definition) is 0. The van der Waals surface area contributed by atoms with Gasteiger partial charge in [-0.05, 0) is 42.0 Å². The fourth-order valence-corrected chi connectivity index (χ4v) is 4.08. The molecule has 24 heavy (non-hydrogen) atoms. The van der Waals surface area contributed by atoms with Crippen molar-refractivity contribution in [1.29, 1.82) is 0 Å². The maximum atomic E-state index is 13.1. The van der Waals surface area contributed by atoms with Crippen molar-refractivity contribution >= 4 is 27.3 Å². The molecule has 0 atom stereocenters. The summed E-state index contributed by atoms with van der Waals surface area (Å²) in [6, 6.07) is 18.9. The van der Waals surface area contributed by atoms with E-state index in [0.717, 1.165) is 5.56 Å². The first-order valence-corrected chi connectivity index (χ1v) is 9.11. The summed E-state index contributed by atoms with van der Waals surface area (Å²) < 4.78 is 27.6. The highest BCUT2D eigenvalue weighted by Gasteiger charge is 2.25. The third kappa shape index (κ3) is 3.58. The minimum Gasteiger partial charge on any atom is -0.264 e. The number of halogens is 1. The summed E-state index contributed by atoms with van der Waals surface area (Å²) in [5.41, 5.74) is 1.38. The fourth-order valence-electron chi connectivity index (χ4n) is 2.32. The lowest BCUT2D eigenvalue weighted by molar-refractivity contribution is 0.590. The number of sulfonamides is 1. The Morgan fingerprint density at radius 3 is 2.42 bits per heavy atom. The monoisotopic (exact) mass is 358 g/mol. The topological polar surface area (TPSA) is 50.3 Å². The van der Waals surface area contributed by atoms with Gasteiger partial charge in [-0.15, -0.1) is 0 Å². The smallest absolute Gasteiger partial charge is 0.264 e. The van der Waals surface area contributed by atoms with Crippen molar-refractivity contribution < 1.29 is 8.42 Å². The number of aromatic nitrogens is 1. The van der Waals surface area contributed by atoms with Gasteiger partial charge in [-0.2, -0.15) is 0 Å². The van der Waals surface area contributed by atoms with Crippen LogP contribution in [0.15, 0.2) is 84.0 Å². The van der Waals surface area contributed by atoms with Crippen LogP contribution in [-0.2, 0) is 16.6 Å². The third-order valence-corrected chi connectivity index (χ3v) is 5.48. The summed E-state index contributed by atoms with van der Waals surface area (Å²) in [6.07, 6.45) is 3.31. The summed E-state index contributed by atoms with van der Waals surface area (Å²) in [5.74, 6) is 0. The van der Waals surface area contributed by atoms with E-state index >= 15 is 0 Å². The number of rotatable bonds is 5. The van der Waals surface area contributed by atoms with Gasteiger partial charge in [0.1, 0.15) is 0 Å². The standard InChI is InChI=1S/C18H15ClN2O2S/c19-16-7-4-10-18(12-16)24(22,23)21(17-8-2-1-3-9-17)14-15-6-5-11-20-13-15/h1-13H,14H2. The summed E-state index contributed by atoms with van der Waals surface area (Å²) in [7, 11) is -3.75. The molecule has 3 aromatic rings. The Bertz CT molecular complexity index is 916. The summed E-state index contributed by atoms with van der Waals surface area (Å²) >= 11 is 5.97. The highest BCUT2D eigenvalue weighted by molar-refractivity contribution is 7.92. The fraction of sp³-hybridized carbons (Fsp3) is 0.0556. The molecule has 0 N–H and O–H groups in total. The highest BCUT2D eigenvalue weighted by atomic mass is 35.5. The van der Waals surface area contributed by atoms with Crippen LogP contribution in [0, 0.1) is 0 Å². The highest BCUT2D eigenvalue weighted by Crippen LogP contribution is 2.26. The van der Waals surface area contributed by atoms with E-state index in [0.29, 0.717) is 10.7 Å². The minimum absolute atomic E-state index is 0.155. The van der Waals surface area contributed by atoms with Crippen LogP contribution in [0.5, 0.6) is 0 Å². The lowest BCUT2D eigenvalue weighted by atomic mass is 10.2. The second kappa shape index (κ2) is 7.03. The van der Waals surface area contributed by atoms with E-state index in [2.05, 4.69) is 4.98 Å². The molecule has 122 valence electrons. The Hall–Kier alpha value is -2.37. The average molecular weight is 359 g/mol. The van der Waals surface area contributed by atoms with E-state index < -0.39 is 10.0 Å². The van der Waals surface area contributed by atoms with Gasteiger partial charge < -0.3 is 0 Å². The van der Waals surface area contributed by atoms with Crippen molar-refractivity contribution in [3.63, 3.8) is 0 Å². The minimum atomic E-state index is -3.75. The third-order valence-electron chi connectivity index (χ3n) is 3.48. The molecular weight excluding hydrogens is 344 g/mol. The van der Waals surface area contributed by atoms with Gasteiger partial charge in [0.15, 0.2) is 0 Å². The first kappa shape index (κ1) is 16.5. The van der Waals surface area contributed by atoms with Gasteiger partial charge in [0, 0.05) is 17.4 Å². The van der Waals surface area contributed by atoms with E-state index in [1.165, 1.54) is 10.4 Å². The second-order valence-electron chi connectivity index (χ2n) is 5.17. The maximum absolute atomic E-state index is 13.1. The van der Waals surface area contributed by atoms with E-state index in [4.69, 9.17) is 11.6 Å². The van der Waals surface area contributed by atoms with Crippen molar-refractivity contribution in [2.75, 3.05) is 4.31 Å². The molecule has 0 saturated heterocycles. The Labute approximate surface area is 146 Å². The molecule has 0 saturated carbocycles. The molecule has 0 aliphatic heterocycles. The Balaban J connectivity index is 2.07. The first-order valence-electron chi connectivity index (χ1n) is 7.29. The quantitative estimate of drug-likeness (QED) is 0.689. The molecule has 0 aliphatic rings. The molecule has 1 heterocycles. The molecule has 1 aromatic heterocycles. The van der Waals surface area contributed by atoms with Crippen molar-refractivity contribution in [3.05, 3.63) is 89.7 Å². The van der Waals surface area contributed by atoms with Crippen molar-refractivity contribution in [2.24, 2.45) is 0 Å². The Morgan fingerprint density at radius 1 is 0.958 bits per heavy atom. The zero-order valence-corrected chi connectivity index (χ0v) is 14.3. The lowest BCUT2D eigenvalue weighted by Gasteiger charge is -2.24. The molecule has 3 rings (SSSR count). The molecule has 0 unspecified atom stereocenters. The van der Waals surface area contributed by atoms with Gasteiger partial charge in [0.05, 0.1) is 17.1 Å². The molecular formula is C18H15ClN2O2S. The van der Waals surface area contributed by atoms with Crippen LogP contribution < -0.4 is 4.31 Å². The van der Waals surface area contributed by atoms with Crippen LogP contribution in [0.3, 0.4) is 0 Å². The number of pyridine rings is 1. The van der Waals surface area contributed by atoms with Crippen LogP contribution in [0.1, 0.15) is 5.56 Å². The van der Waals surface area contributed by atoms with E-state index in [-0.39, 0.29) is 11.4 Å². The van der Waals surface area contributed by atoms with E-state index in [1.807, 2.05) is 12.1 Å². The molecule has 0 radical (unpaired) electrons. The molecule has 0 fully saturated rings. The van der Waals surface area contributed by atoms with Crippen LogP contribution in [0.2, 0.25) is 5.02 Å². The number of hydrogen-bond acceptors (Lipinski definition) is 3. The van der Waals surface area contributed by atoms with Gasteiger partial charge in [0.2, 0.25) is 0 Å². The molecule has 0 aliphatic carbocycles. The number of benzene rings is 2. The van der Waals surface area contributed by atoms with Crippen LogP contribution in [0.4, 0.5) is 5.69 Å². The molecule has 6 heteroatoms. The van der Waals surface area contributed by atoms with E-state index in [1.54, 1.807) is 60.9 Å². The molecule has 2 aromatic carbocycles. The normalized spacial score (nSPS) is 11.2. The van der Waals surface area contributed by atoms with Gasteiger partial charge in [-0.25, -0.2) is 8.42 Å². The molecule has 0 amide bonds. The van der Waals surface area contributed by atoms with Crippen LogP contribution in [-0.4, -0.2) is 13.4 Å². The number of nitrogens with zero attached hydrogens (tertiary/aromatic N) is 2. The zero-order chi connectivity index (χ0) is 17.0. The molecule has 0 spiro atoms. The number of para-hydroxylation sites is 1. The zero-order valence-electron chi connectivity index (χ0n) is 12.7. The van der Waals surface area contributed by atoms with Crippen LogP contribution >= 0.6 is 11.6 Å². The Kier molecular flexibility index (Phi) is 4.83. The van der Waals surface area contributed by atoms with E-state index in [9.17, 15) is 8.42 Å². The summed E-state index contributed by atoms with van der Waals surface area (Å²) in [4.78, 5) is 4.21. The SMILES string of the molecule is O=S(=O)(c1cccc(Cl)c1)N(Cc1cccnc1)c1ccccc1. The van der Waals surface area contributed by atoms with Gasteiger partial charge in [-0.3, -0.25) is 9.29 Å². The maximum Gasteiger partial charge on any atom is 0.264 e. The first-order chi connectivity index (χ1) is 11.6. The van der Waals surface area contributed by atoms with Crippen molar-refractivity contribution in [1.82, 2.24) is 4.98 Å². The van der Waals surface area contributed by atoms with Crippen molar-refractivity contribution in [2.45, 2.75) is 11.4 Å². The Morgan fingerprint density at radius 2 is 1.75 bits per heavy atom. The predicted molar refractivity (Wildman–Crippen MR) is 95.5 cm³/mol. The molecule has 0 bridgehead atoms. The van der Waals surface area contributed by atoms with Gasteiger partial charge in [0.25, 0.3) is 10.0 Å². The predicted octanol–water partition coefficient (Wildman–Crippen LogP) is 4.13. The van der Waals surface area contributed by atoms with Gasteiger partial charge in [-0.1, -0.05) is 41.9 Å². The summed E-state index contributed by atoms with van der Waals surface area (Å²) in [5, 5.41) is 0.380. The molecule has 4 nitrogen and oxygen atoms in total. The van der Waals surface area contributed by atoms with Gasteiger partial charge >= 0.3 is 0 Å². The second-order valence-corrected chi connectivity index (χ2v) is 7.46. The summed E-state index contributed by atoms with van der Waals surface area (Å²) in [6.45, 7) is 0.187. The van der Waals surface area contributed by atoms with Crippen molar-refractivity contribution in [3.8, 4) is 0 Å². The lowest BCUT2D eigenvalue weighted by Crippen LogP contribution is -2.30. The average Bonchev–Trinajstić information content (AvgIpc) is 2.61. The van der Waals surface area contributed by atoms with Crippen LogP contribution in [0.25, 0.3) is 0 Å². The largest absolute Gasteiger partial charge is 0.264 e.